The predicted molar refractivity (Wildman–Crippen MR) is 82.4 cm³/mol. The van der Waals surface area contributed by atoms with Gasteiger partial charge in [0.1, 0.15) is 38.0 Å². The second-order valence-electron chi connectivity index (χ2n) is 5.49. The Bertz CT molecular complexity index is 576. The summed E-state index contributed by atoms with van der Waals surface area (Å²) in [7, 11) is 1.48. The van der Waals surface area contributed by atoms with Crippen molar-refractivity contribution in [2.75, 3.05) is 38.6 Å². The fourth-order valence-electron chi connectivity index (χ4n) is 2.75. The maximum absolute atomic E-state index is 12.2. The van der Waals surface area contributed by atoms with E-state index in [0.29, 0.717) is 29.5 Å². The van der Waals surface area contributed by atoms with Crippen LogP contribution in [0, 0.1) is 0 Å². The minimum absolute atomic E-state index is 0.146. The topological polar surface area (TPSA) is 99.5 Å². The standard InChI is InChI=1S/C15H20ClN3O4/c1-23-13-3-2-10(16)8-11(13)18-14(20)9-12(15(21)22)19-6-4-17-5-7-19/h2-3,8,12,17H,4-7,9H2,1H3,(H,18,20)(H,21,22)/p+1/t12-/m1/s1. The van der Waals surface area contributed by atoms with Gasteiger partial charge in [-0.2, -0.15) is 0 Å². The van der Waals surface area contributed by atoms with Crippen LogP contribution in [0.3, 0.4) is 0 Å². The van der Waals surface area contributed by atoms with Crippen molar-refractivity contribution in [3.8, 4) is 5.75 Å². The lowest BCUT2D eigenvalue weighted by atomic mass is 10.1. The van der Waals surface area contributed by atoms with Crippen molar-refractivity contribution in [2.45, 2.75) is 12.5 Å². The van der Waals surface area contributed by atoms with E-state index in [0.717, 1.165) is 18.0 Å². The Morgan fingerprint density at radius 3 is 2.74 bits per heavy atom. The van der Waals surface area contributed by atoms with Crippen LogP contribution >= 0.6 is 11.6 Å². The van der Waals surface area contributed by atoms with E-state index in [1.165, 1.54) is 7.11 Å². The van der Waals surface area contributed by atoms with E-state index in [2.05, 4.69) is 10.6 Å². The molecular formula is C15H21ClN3O4+. The summed E-state index contributed by atoms with van der Waals surface area (Å²) < 4.78 is 5.16. The average molecular weight is 343 g/mol. The fraction of sp³-hybridized carbons (Fsp3) is 0.467. The van der Waals surface area contributed by atoms with Crippen LogP contribution in [0.1, 0.15) is 6.42 Å². The highest BCUT2D eigenvalue weighted by Crippen LogP contribution is 2.27. The average Bonchev–Trinajstić information content (AvgIpc) is 2.53. The number of carbonyl (C=O) groups is 2. The number of quaternary nitrogens is 2. The van der Waals surface area contributed by atoms with Crippen LogP contribution in [-0.4, -0.2) is 51.2 Å². The first-order chi connectivity index (χ1) is 11.0. The molecule has 1 amide bonds. The van der Waals surface area contributed by atoms with Crippen molar-refractivity contribution >= 4 is 29.2 Å². The zero-order valence-electron chi connectivity index (χ0n) is 12.9. The zero-order valence-corrected chi connectivity index (χ0v) is 13.7. The van der Waals surface area contributed by atoms with Crippen LogP contribution in [0.15, 0.2) is 18.2 Å². The minimum Gasteiger partial charge on any atom is -0.544 e. The Morgan fingerprint density at radius 2 is 2.13 bits per heavy atom. The first kappa shape index (κ1) is 17.5. The Labute approximate surface area is 139 Å². The SMILES string of the molecule is COc1ccc(Cl)cc1NC(=O)C[C@H](C(=O)[O-])[NH+]1CC[NH2+]CC1. The zero-order chi connectivity index (χ0) is 16.8. The monoisotopic (exact) mass is 342 g/mol. The lowest BCUT2D eigenvalue weighted by molar-refractivity contribution is -0.961. The number of anilines is 1. The molecule has 7 nitrogen and oxygen atoms in total. The molecule has 1 saturated heterocycles. The van der Waals surface area contributed by atoms with Gasteiger partial charge in [-0.25, -0.2) is 0 Å². The Kier molecular flexibility index (Phi) is 6.20. The summed E-state index contributed by atoms with van der Waals surface area (Å²) in [6.07, 6.45) is -0.146. The summed E-state index contributed by atoms with van der Waals surface area (Å²) in [6, 6.07) is 4.00. The van der Waals surface area contributed by atoms with E-state index >= 15 is 0 Å². The molecule has 1 aliphatic rings. The number of hydrogen-bond acceptors (Lipinski definition) is 4. The second-order valence-corrected chi connectivity index (χ2v) is 5.93. The number of nitrogens with one attached hydrogen (secondary N) is 2. The number of halogens is 1. The molecule has 1 heterocycles. The van der Waals surface area contributed by atoms with Gasteiger partial charge >= 0.3 is 0 Å². The van der Waals surface area contributed by atoms with E-state index in [9.17, 15) is 14.7 Å². The van der Waals surface area contributed by atoms with E-state index in [-0.39, 0.29) is 6.42 Å². The molecule has 23 heavy (non-hydrogen) atoms. The summed E-state index contributed by atoms with van der Waals surface area (Å²) in [5, 5.41) is 16.6. The summed E-state index contributed by atoms with van der Waals surface area (Å²) in [5.74, 6) is -1.13. The Balaban J connectivity index is 2.04. The molecule has 0 unspecified atom stereocenters. The van der Waals surface area contributed by atoms with Crippen molar-refractivity contribution in [1.82, 2.24) is 0 Å². The molecule has 4 N–H and O–H groups in total. The van der Waals surface area contributed by atoms with Crippen molar-refractivity contribution < 1.29 is 29.6 Å². The van der Waals surface area contributed by atoms with Crippen LogP contribution in [-0.2, 0) is 9.59 Å². The van der Waals surface area contributed by atoms with Crippen molar-refractivity contribution in [2.24, 2.45) is 0 Å². The number of amides is 1. The van der Waals surface area contributed by atoms with Crippen LogP contribution in [0.4, 0.5) is 5.69 Å². The van der Waals surface area contributed by atoms with Crippen LogP contribution in [0.25, 0.3) is 0 Å². The highest BCUT2D eigenvalue weighted by Gasteiger charge is 2.29. The Morgan fingerprint density at radius 1 is 1.43 bits per heavy atom. The largest absolute Gasteiger partial charge is 0.544 e. The molecule has 1 atom stereocenters. The number of benzene rings is 1. The molecule has 126 valence electrons. The van der Waals surface area contributed by atoms with E-state index in [1.807, 2.05) is 0 Å². The van der Waals surface area contributed by atoms with Crippen molar-refractivity contribution in [1.29, 1.82) is 0 Å². The van der Waals surface area contributed by atoms with Gasteiger partial charge in [0.2, 0.25) is 5.91 Å². The maximum Gasteiger partial charge on any atom is 0.230 e. The van der Waals surface area contributed by atoms with Gasteiger partial charge in [0.25, 0.3) is 0 Å². The van der Waals surface area contributed by atoms with Gasteiger partial charge in [-0.3, -0.25) is 4.79 Å². The fourth-order valence-corrected chi connectivity index (χ4v) is 2.92. The molecule has 1 aromatic rings. The third-order valence-corrected chi connectivity index (χ3v) is 4.18. The van der Waals surface area contributed by atoms with E-state index < -0.39 is 17.9 Å². The number of aliphatic carboxylic acids is 1. The van der Waals surface area contributed by atoms with Gasteiger partial charge in [0.15, 0.2) is 0 Å². The van der Waals surface area contributed by atoms with Gasteiger partial charge in [0, 0.05) is 5.02 Å². The molecule has 1 fully saturated rings. The molecule has 1 aromatic carbocycles. The second kappa shape index (κ2) is 8.14. The molecule has 0 saturated carbocycles. The van der Waals surface area contributed by atoms with Crippen LogP contribution in [0.5, 0.6) is 5.75 Å². The predicted octanol–water partition coefficient (Wildman–Crippen LogP) is -2.74. The number of methoxy groups -OCH3 is 1. The molecule has 0 aliphatic carbocycles. The van der Waals surface area contributed by atoms with Crippen LogP contribution in [0.2, 0.25) is 5.02 Å². The number of carbonyl (C=O) groups excluding carboxylic acids is 2. The van der Waals surface area contributed by atoms with E-state index in [1.54, 1.807) is 18.2 Å². The lowest BCUT2D eigenvalue weighted by Crippen LogP contribution is -3.24. The normalized spacial score (nSPS) is 16.6. The molecule has 0 spiro atoms. The van der Waals surface area contributed by atoms with Gasteiger partial charge in [-0.05, 0) is 18.2 Å². The number of carboxylic acids is 1. The van der Waals surface area contributed by atoms with E-state index in [4.69, 9.17) is 16.3 Å². The lowest BCUT2D eigenvalue weighted by Gasteiger charge is -2.30. The summed E-state index contributed by atoms with van der Waals surface area (Å²) in [6.45, 7) is 3.10. The number of rotatable bonds is 6. The molecule has 0 aromatic heterocycles. The van der Waals surface area contributed by atoms with Gasteiger partial charge in [-0.15, -0.1) is 0 Å². The third-order valence-electron chi connectivity index (χ3n) is 3.94. The molecule has 1 aliphatic heterocycles. The number of piperazine rings is 1. The quantitative estimate of drug-likeness (QED) is 0.522. The Hall–Kier alpha value is -1.83. The summed E-state index contributed by atoms with van der Waals surface area (Å²) >= 11 is 5.92. The van der Waals surface area contributed by atoms with Gasteiger partial charge in [0.05, 0.1) is 25.2 Å². The number of hydrogen-bond donors (Lipinski definition) is 3. The molecular weight excluding hydrogens is 322 g/mol. The molecule has 2 rings (SSSR count). The van der Waals surface area contributed by atoms with Crippen molar-refractivity contribution in [3.63, 3.8) is 0 Å². The molecule has 8 heteroatoms. The van der Waals surface area contributed by atoms with Gasteiger partial charge < -0.3 is 30.2 Å². The van der Waals surface area contributed by atoms with Gasteiger partial charge in [-0.1, -0.05) is 11.6 Å². The highest BCUT2D eigenvalue weighted by molar-refractivity contribution is 6.31. The first-order valence-electron chi connectivity index (χ1n) is 7.51. The molecule has 0 bridgehead atoms. The highest BCUT2D eigenvalue weighted by atomic mass is 35.5. The van der Waals surface area contributed by atoms with Crippen molar-refractivity contribution in [3.05, 3.63) is 23.2 Å². The number of carboxylic acid groups (broad SMARTS) is 1. The summed E-state index contributed by atoms with van der Waals surface area (Å²) in [5.41, 5.74) is 0.420. The first-order valence-corrected chi connectivity index (χ1v) is 7.89. The number of nitrogens with two attached hydrogens (primary N) is 1. The minimum atomic E-state index is -1.20. The molecule has 0 radical (unpaired) electrons. The maximum atomic E-state index is 12.2. The third kappa shape index (κ3) is 4.82. The smallest absolute Gasteiger partial charge is 0.230 e. The summed E-state index contributed by atoms with van der Waals surface area (Å²) in [4.78, 5) is 24.5. The number of ether oxygens (including phenoxy) is 1. The van der Waals surface area contributed by atoms with Crippen LogP contribution < -0.4 is 25.4 Å².